The van der Waals surface area contributed by atoms with Crippen LogP contribution in [-0.4, -0.2) is 20.0 Å². The Morgan fingerprint density at radius 2 is 1.67 bits per heavy atom. The van der Waals surface area contributed by atoms with Crippen molar-refractivity contribution >= 4 is 11.6 Å². The number of methoxy groups -OCH3 is 2. The van der Waals surface area contributed by atoms with Crippen molar-refractivity contribution < 1.29 is 9.47 Å². The summed E-state index contributed by atoms with van der Waals surface area (Å²) >= 11 is 5.21. The predicted molar refractivity (Wildman–Crippen MR) is 23.7 cm³/mol. The zero-order valence-corrected chi connectivity index (χ0v) is 4.53. The number of ether oxygens (including phenoxy) is 2. The Balaban J connectivity index is 2.75. The molecule has 0 saturated heterocycles. The van der Waals surface area contributed by atoms with Gasteiger partial charge in [0.25, 0.3) is 0 Å². The van der Waals surface area contributed by atoms with Gasteiger partial charge in [-0.1, -0.05) is 11.6 Å². The minimum Gasteiger partial charge on any atom is -0.343 e. The maximum absolute atomic E-state index is 5.21. The standard InChI is InChI=1S/C3H7ClO2/c1-5-3(4)6-2/h3H,1-2H3. The van der Waals surface area contributed by atoms with Crippen molar-refractivity contribution in [3.63, 3.8) is 0 Å². The van der Waals surface area contributed by atoms with E-state index >= 15 is 0 Å². The van der Waals surface area contributed by atoms with Crippen LogP contribution < -0.4 is 0 Å². The van der Waals surface area contributed by atoms with Gasteiger partial charge in [-0.3, -0.25) is 0 Å². The van der Waals surface area contributed by atoms with E-state index in [4.69, 9.17) is 11.6 Å². The molecule has 0 aromatic heterocycles. The van der Waals surface area contributed by atoms with Gasteiger partial charge in [0.05, 0.1) is 0 Å². The highest BCUT2D eigenvalue weighted by molar-refractivity contribution is 6.18. The third kappa shape index (κ3) is 2.45. The molecule has 0 saturated carbocycles. The average molecular weight is 111 g/mol. The summed E-state index contributed by atoms with van der Waals surface area (Å²) in [6.45, 7) is 0. The van der Waals surface area contributed by atoms with Crippen molar-refractivity contribution in [3.05, 3.63) is 0 Å². The predicted octanol–water partition coefficient (Wildman–Crippen LogP) is 0.802. The Hall–Kier alpha value is 0.210. The molecule has 0 fully saturated rings. The Bertz CT molecular complexity index is 28.0. The van der Waals surface area contributed by atoms with E-state index in [-0.39, 0.29) is 0 Å². The first-order chi connectivity index (χ1) is 2.81. The first-order valence-corrected chi connectivity index (χ1v) is 1.94. The fraction of sp³-hybridized carbons (Fsp3) is 1.00. The molecular weight excluding hydrogens is 103 g/mol. The summed E-state index contributed by atoms with van der Waals surface area (Å²) in [6.07, 6.45) is 0. The van der Waals surface area contributed by atoms with E-state index in [0.717, 1.165) is 0 Å². The van der Waals surface area contributed by atoms with Gasteiger partial charge in [0, 0.05) is 14.2 Å². The third-order valence-corrected chi connectivity index (χ3v) is 0.727. The maximum Gasteiger partial charge on any atom is 0.236 e. The zero-order chi connectivity index (χ0) is 4.99. The van der Waals surface area contributed by atoms with Crippen molar-refractivity contribution in [2.45, 2.75) is 5.75 Å². The molecule has 0 amide bonds. The van der Waals surface area contributed by atoms with Crippen LogP contribution in [-0.2, 0) is 9.47 Å². The molecule has 0 rings (SSSR count). The first-order valence-electron chi connectivity index (χ1n) is 1.51. The van der Waals surface area contributed by atoms with Gasteiger partial charge in [0.2, 0.25) is 5.75 Å². The topological polar surface area (TPSA) is 18.5 Å². The van der Waals surface area contributed by atoms with Crippen LogP contribution in [0.2, 0.25) is 0 Å². The van der Waals surface area contributed by atoms with Gasteiger partial charge in [0.1, 0.15) is 0 Å². The van der Waals surface area contributed by atoms with Crippen molar-refractivity contribution in [1.29, 1.82) is 0 Å². The molecule has 38 valence electrons. The second kappa shape index (κ2) is 3.40. The van der Waals surface area contributed by atoms with Crippen LogP contribution in [0.15, 0.2) is 0 Å². The molecule has 0 aliphatic heterocycles. The Labute approximate surface area is 42.0 Å². The fourth-order valence-corrected chi connectivity index (χ4v) is 0.0962. The summed E-state index contributed by atoms with van der Waals surface area (Å²) in [7, 11) is 2.95. The summed E-state index contributed by atoms with van der Waals surface area (Å²) in [4.78, 5) is 0. The average Bonchev–Trinajstić information content (AvgIpc) is 1.65. The molecule has 2 nitrogen and oxygen atoms in total. The first kappa shape index (κ1) is 6.21. The molecule has 3 heteroatoms. The Morgan fingerprint density at radius 1 is 1.33 bits per heavy atom. The normalized spacial score (nSPS) is 10.0. The second-order valence-corrected chi connectivity index (χ2v) is 1.10. The molecule has 0 heterocycles. The minimum atomic E-state index is -0.593. The van der Waals surface area contributed by atoms with Crippen LogP contribution in [0.5, 0.6) is 0 Å². The monoisotopic (exact) mass is 110 g/mol. The van der Waals surface area contributed by atoms with Crippen LogP contribution in [0.4, 0.5) is 0 Å². The van der Waals surface area contributed by atoms with E-state index in [1.807, 2.05) is 0 Å². The van der Waals surface area contributed by atoms with Gasteiger partial charge in [-0.15, -0.1) is 0 Å². The minimum absolute atomic E-state index is 0.593. The fourth-order valence-electron chi connectivity index (χ4n) is 0.0962. The maximum atomic E-state index is 5.21. The van der Waals surface area contributed by atoms with Crippen LogP contribution in [0.3, 0.4) is 0 Å². The van der Waals surface area contributed by atoms with Crippen LogP contribution in [0.25, 0.3) is 0 Å². The van der Waals surface area contributed by atoms with Crippen molar-refractivity contribution in [2.24, 2.45) is 0 Å². The molecule has 0 aliphatic carbocycles. The molecular formula is C3H7ClO2. The summed E-state index contributed by atoms with van der Waals surface area (Å²) in [5, 5.41) is 0. The number of hydrogen-bond acceptors (Lipinski definition) is 2. The largest absolute Gasteiger partial charge is 0.343 e. The number of halogens is 1. The van der Waals surface area contributed by atoms with Gasteiger partial charge in [-0.05, 0) is 0 Å². The van der Waals surface area contributed by atoms with Gasteiger partial charge >= 0.3 is 0 Å². The van der Waals surface area contributed by atoms with Crippen LogP contribution in [0, 0.1) is 0 Å². The summed E-state index contributed by atoms with van der Waals surface area (Å²) < 4.78 is 8.89. The van der Waals surface area contributed by atoms with E-state index in [9.17, 15) is 0 Å². The van der Waals surface area contributed by atoms with Crippen molar-refractivity contribution in [2.75, 3.05) is 14.2 Å². The molecule has 0 aromatic carbocycles. The van der Waals surface area contributed by atoms with Crippen LogP contribution >= 0.6 is 11.6 Å². The molecule has 0 aliphatic rings. The molecule has 0 unspecified atom stereocenters. The smallest absolute Gasteiger partial charge is 0.236 e. The Kier molecular flexibility index (Phi) is 3.52. The lowest BCUT2D eigenvalue weighted by molar-refractivity contribution is -0.0405. The van der Waals surface area contributed by atoms with E-state index < -0.39 is 5.75 Å². The zero-order valence-electron chi connectivity index (χ0n) is 3.77. The SMILES string of the molecule is COC(Cl)OC. The molecule has 6 heavy (non-hydrogen) atoms. The van der Waals surface area contributed by atoms with Crippen molar-refractivity contribution in [1.82, 2.24) is 0 Å². The summed E-state index contributed by atoms with van der Waals surface area (Å²) in [5.41, 5.74) is 0. The Morgan fingerprint density at radius 3 is 1.67 bits per heavy atom. The molecule has 0 aromatic rings. The summed E-state index contributed by atoms with van der Waals surface area (Å²) in [6, 6.07) is 0. The second-order valence-electron chi connectivity index (χ2n) is 0.746. The lowest BCUT2D eigenvalue weighted by Crippen LogP contribution is -2.01. The van der Waals surface area contributed by atoms with E-state index in [1.165, 1.54) is 14.2 Å². The molecule has 0 radical (unpaired) electrons. The molecule has 0 bridgehead atoms. The van der Waals surface area contributed by atoms with Gasteiger partial charge in [-0.2, -0.15) is 0 Å². The van der Waals surface area contributed by atoms with Gasteiger partial charge < -0.3 is 9.47 Å². The lowest BCUT2D eigenvalue weighted by atomic mass is 11.3. The van der Waals surface area contributed by atoms with E-state index in [1.54, 1.807) is 0 Å². The highest BCUT2D eigenvalue weighted by Crippen LogP contribution is 1.92. The highest BCUT2D eigenvalue weighted by Gasteiger charge is 1.91. The quantitative estimate of drug-likeness (QED) is 0.387. The van der Waals surface area contributed by atoms with Crippen molar-refractivity contribution in [3.8, 4) is 0 Å². The number of rotatable bonds is 2. The third-order valence-electron chi connectivity index (χ3n) is 0.371. The number of hydrogen-bond donors (Lipinski definition) is 0. The van der Waals surface area contributed by atoms with E-state index in [0.29, 0.717) is 0 Å². The summed E-state index contributed by atoms with van der Waals surface area (Å²) in [5.74, 6) is -0.593. The molecule has 0 spiro atoms. The lowest BCUT2D eigenvalue weighted by Gasteiger charge is -2.00. The molecule has 0 N–H and O–H groups in total. The molecule has 0 atom stereocenters. The number of alkyl halides is 1. The van der Waals surface area contributed by atoms with Crippen LogP contribution in [0.1, 0.15) is 0 Å². The highest BCUT2D eigenvalue weighted by atomic mass is 35.5. The van der Waals surface area contributed by atoms with E-state index in [2.05, 4.69) is 9.47 Å². The van der Waals surface area contributed by atoms with Gasteiger partial charge in [0.15, 0.2) is 0 Å². The van der Waals surface area contributed by atoms with Gasteiger partial charge in [-0.25, -0.2) is 0 Å².